The molecule has 0 spiro atoms. The summed E-state index contributed by atoms with van der Waals surface area (Å²) in [6, 6.07) is 6.00. The van der Waals surface area contributed by atoms with Gasteiger partial charge in [-0.25, -0.2) is 9.78 Å². The van der Waals surface area contributed by atoms with E-state index >= 15 is 0 Å². The van der Waals surface area contributed by atoms with E-state index in [1.807, 2.05) is 25.1 Å². The van der Waals surface area contributed by atoms with Crippen molar-refractivity contribution < 1.29 is 9.53 Å². The molecule has 0 bridgehead atoms. The van der Waals surface area contributed by atoms with Gasteiger partial charge in [0.1, 0.15) is 4.88 Å². The van der Waals surface area contributed by atoms with E-state index in [1.54, 1.807) is 6.92 Å². The predicted molar refractivity (Wildman–Crippen MR) is 80.4 cm³/mol. The first-order chi connectivity index (χ1) is 9.01. The highest BCUT2D eigenvalue weighted by Crippen LogP contribution is 2.30. The Labute approximate surface area is 124 Å². The maximum atomic E-state index is 11.5. The van der Waals surface area contributed by atoms with Gasteiger partial charge in [-0.3, -0.25) is 0 Å². The fourth-order valence-corrected chi connectivity index (χ4v) is 2.82. The van der Waals surface area contributed by atoms with Crippen LogP contribution in [0.3, 0.4) is 0 Å². The highest BCUT2D eigenvalue weighted by molar-refractivity contribution is 9.10. The first-order valence-corrected chi connectivity index (χ1v) is 7.21. The Hall–Kier alpha value is -1.40. The molecule has 1 heterocycles. The van der Waals surface area contributed by atoms with Crippen LogP contribution in [0, 0.1) is 13.8 Å². The Kier molecular flexibility index (Phi) is 4.21. The van der Waals surface area contributed by atoms with Crippen LogP contribution in [0.1, 0.15) is 20.9 Å². The number of anilines is 2. The number of carbonyl (C=O) groups excluding carboxylic acids is 1. The second-order valence-corrected chi connectivity index (χ2v) is 5.89. The lowest BCUT2D eigenvalue weighted by molar-refractivity contribution is 0.0605. The van der Waals surface area contributed by atoms with Crippen LogP contribution in [0.5, 0.6) is 0 Å². The second-order valence-electron chi connectivity index (χ2n) is 4.03. The van der Waals surface area contributed by atoms with Crippen LogP contribution in [-0.4, -0.2) is 18.1 Å². The van der Waals surface area contributed by atoms with Gasteiger partial charge >= 0.3 is 5.97 Å². The Morgan fingerprint density at radius 1 is 1.42 bits per heavy atom. The van der Waals surface area contributed by atoms with Crippen LogP contribution in [0.4, 0.5) is 10.8 Å². The van der Waals surface area contributed by atoms with Crippen molar-refractivity contribution in [3.05, 3.63) is 38.8 Å². The third kappa shape index (κ3) is 3.13. The molecule has 1 aromatic carbocycles. The number of nitrogens with one attached hydrogen (secondary N) is 1. The monoisotopic (exact) mass is 340 g/mol. The lowest BCUT2D eigenvalue weighted by Crippen LogP contribution is -1.99. The Morgan fingerprint density at radius 2 is 2.16 bits per heavy atom. The maximum Gasteiger partial charge on any atom is 0.350 e. The molecule has 0 fully saturated rings. The van der Waals surface area contributed by atoms with Crippen molar-refractivity contribution >= 4 is 44.1 Å². The zero-order valence-electron chi connectivity index (χ0n) is 10.8. The summed E-state index contributed by atoms with van der Waals surface area (Å²) in [5.74, 6) is -0.355. The standard InChI is InChI=1S/C13H13BrN2O2S/c1-7-4-5-9(14)10(6-7)16-13-15-8(2)11(19-13)12(17)18-3/h4-6H,1-3H3,(H,15,16). The summed E-state index contributed by atoms with van der Waals surface area (Å²) < 4.78 is 5.67. The zero-order valence-corrected chi connectivity index (χ0v) is 13.2. The molecule has 100 valence electrons. The van der Waals surface area contributed by atoms with Crippen molar-refractivity contribution in [1.29, 1.82) is 0 Å². The smallest absolute Gasteiger partial charge is 0.350 e. The van der Waals surface area contributed by atoms with E-state index in [4.69, 9.17) is 4.74 Å². The number of hydrogen-bond donors (Lipinski definition) is 1. The number of hydrogen-bond acceptors (Lipinski definition) is 5. The van der Waals surface area contributed by atoms with Gasteiger partial charge in [0, 0.05) is 4.47 Å². The van der Waals surface area contributed by atoms with Crippen LogP contribution in [-0.2, 0) is 4.74 Å². The summed E-state index contributed by atoms with van der Waals surface area (Å²) in [4.78, 5) is 16.4. The minimum Gasteiger partial charge on any atom is -0.465 e. The molecule has 0 saturated heterocycles. The van der Waals surface area contributed by atoms with E-state index in [0.717, 1.165) is 15.7 Å². The molecular formula is C13H13BrN2O2S. The number of thiazole rings is 1. The predicted octanol–water partition coefficient (Wildman–Crippen LogP) is 4.05. The first kappa shape index (κ1) is 14.0. The normalized spacial score (nSPS) is 10.3. The number of aromatic nitrogens is 1. The number of rotatable bonds is 3. The molecule has 6 heteroatoms. The Morgan fingerprint density at radius 3 is 2.84 bits per heavy atom. The van der Waals surface area contributed by atoms with Crippen molar-refractivity contribution in [3.63, 3.8) is 0 Å². The van der Waals surface area contributed by atoms with Crippen molar-refractivity contribution in [2.45, 2.75) is 13.8 Å². The van der Waals surface area contributed by atoms with E-state index in [-0.39, 0.29) is 5.97 Å². The molecule has 0 amide bonds. The van der Waals surface area contributed by atoms with Gasteiger partial charge in [0.25, 0.3) is 0 Å². The van der Waals surface area contributed by atoms with Crippen molar-refractivity contribution in [2.75, 3.05) is 12.4 Å². The van der Waals surface area contributed by atoms with Crippen molar-refractivity contribution in [2.24, 2.45) is 0 Å². The number of aryl methyl sites for hydroxylation is 2. The molecular weight excluding hydrogens is 328 g/mol. The SMILES string of the molecule is COC(=O)c1sc(Nc2cc(C)ccc2Br)nc1C. The van der Waals surface area contributed by atoms with Crippen molar-refractivity contribution in [1.82, 2.24) is 4.98 Å². The van der Waals surface area contributed by atoms with Gasteiger partial charge < -0.3 is 10.1 Å². The maximum absolute atomic E-state index is 11.5. The van der Waals surface area contributed by atoms with Gasteiger partial charge in [-0.05, 0) is 47.5 Å². The molecule has 2 aromatic rings. The van der Waals surface area contributed by atoms with Crippen LogP contribution in [0.25, 0.3) is 0 Å². The lowest BCUT2D eigenvalue weighted by Gasteiger charge is -2.06. The number of esters is 1. The summed E-state index contributed by atoms with van der Waals surface area (Å²) in [5.41, 5.74) is 2.74. The number of benzene rings is 1. The van der Waals surface area contributed by atoms with E-state index < -0.39 is 0 Å². The van der Waals surface area contributed by atoms with E-state index in [2.05, 4.69) is 26.2 Å². The zero-order chi connectivity index (χ0) is 14.0. The van der Waals surface area contributed by atoms with Gasteiger partial charge in [0.2, 0.25) is 0 Å². The summed E-state index contributed by atoms with van der Waals surface area (Å²) in [5, 5.41) is 3.88. The van der Waals surface area contributed by atoms with Gasteiger partial charge in [0.05, 0.1) is 18.5 Å². The van der Waals surface area contributed by atoms with Crippen LogP contribution >= 0.6 is 27.3 Å². The lowest BCUT2D eigenvalue weighted by atomic mass is 10.2. The average molecular weight is 341 g/mol. The summed E-state index contributed by atoms with van der Waals surface area (Å²) in [6.07, 6.45) is 0. The number of nitrogens with zero attached hydrogens (tertiary/aromatic N) is 1. The van der Waals surface area contributed by atoms with Crippen molar-refractivity contribution in [3.8, 4) is 0 Å². The fourth-order valence-electron chi connectivity index (χ4n) is 1.58. The molecule has 0 aliphatic rings. The summed E-state index contributed by atoms with van der Waals surface area (Å²) >= 11 is 4.76. The quantitative estimate of drug-likeness (QED) is 0.856. The third-order valence-electron chi connectivity index (χ3n) is 2.53. The topological polar surface area (TPSA) is 51.2 Å². The Bertz CT molecular complexity index is 625. The van der Waals surface area contributed by atoms with Gasteiger partial charge in [-0.1, -0.05) is 17.4 Å². The molecule has 1 N–H and O–H groups in total. The molecule has 0 aliphatic heterocycles. The minimum atomic E-state index is -0.355. The molecule has 19 heavy (non-hydrogen) atoms. The first-order valence-electron chi connectivity index (χ1n) is 5.60. The fraction of sp³-hybridized carbons (Fsp3) is 0.231. The highest BCUT2D eigenvalue weighted by Gasteiger charge is 2.16. The number of carbonyl (C=O) groups is 1. The number of ether oxygens (including phenoxy) is 1. The highest BCUT2D eigenvalue weighted by atomic mass is 79.9. The third-order valence-corrected chi connectivity index (χ3v) is 4.28. The second kappa shape index (κ2) is 5.71. The Balaban J connectivity index is 2.29. The van der Waals surface area contributed by atoms with Gasteiger partial charge in [0.15, 0.2) is 5.13 Å². The largest absolute Gasteiger partial charge is 0.465 e. The van der Waals surface area contributed by atoms with Crippen LogP contribution < -0.4 is 5.32 Å². The number of methoxy groups -OCH3 is 1. The van der Waals surface area contributed by atoms with E-state index in [1.165, 1.54) is 18.4 Å². The molecule has 1 aromatic heterocycles. The van der Waals surface area contributed by atoms with Crippen LogP contribution in [0.2, 0.25) is 0 Å². The van der Waals surface area contributed by atoms with Gasteiger partial charge in [-0.2, -0.15) is 0 Å². The molecule has 4 nitrogen and oxygen atoms in total. The average Bonchev–Trinajstić information content (AvgIpc) is 2.74. The molecule has 0 aliphatic carbocycles. The summed E-state index contributed by atoms with van der Waals surface area (Å²) in [7, 11) is 1.37. The molecule has 0 atom stereocenters. The molecule has 0 saturated carbocycles. The summed E-state index contributed by atoms with van der Waals surface area (Å²) in [6.45, 7) is 3.81. The van der Waals surface area contributed by atoms with Gasteiger partial charge in [-0.15, -0.1) is 0 Å². The van der Waals surface area contributed by atoms with Crippen LogP contribution in [0.15, 0.2) is 22.7 Å². The van der Waals surface area contributed by atoms with E-state index in [9.17, 15) is 4.79 Å². The minimum absolute atomic E-state index is 0.355. The molecule has 0 unspecified atom stereocenters. The van der Waals surface area contributed by atoms with E-state index in [0.29, 0.717) is 15.7 Å². The molecule has 0 radical (unpaired) electrons. The number of halogens is 1. The molecule has 2 rings (SSSR count).